The first-order valence-electron chi connectivity index (χ1n) is 20.3. The minimum atomic E-state index is 0.355. The first kappa shape index (κ1) is 43.6. The SMILES string of the molecule is OCCCCCCCCC=CCCCCCCCC(CCCCCCCCCCCO)CCCCCCCCCCCCO. The van der Waals surface area contributed by atoms with E-state index in [1.54, 1.807) is 0 Å². The van der Waals surface area contributed by atoms with Crippen LogP contribution in [0.3, 0.4) is 0 Å². The van der Waals surface area contributed by atoms with Crippen molar-refractivity contribution in [1.29, 1.82) is 0 Å². The van der Waals surface area contributed by atoms with Gasteiger partial charge in [-0.25, -0.2) is 0 Å². The standard InChI is InChI=1S/C41H82O3/c42-38-32-26-20-14-8-5-3-1-2-4-6-11-17-23-29-35-41(37-31-25-19-13-10-16-22-28-34-40-44)36-30-24-18-12-7-9-15-21-27-33-39-43/h1-2,41-44H,3-40H2. The van der Waals surface area contributed by atoms with Crippen LogP contribution < -0.4 is 0 Å². The Morgan fingerprint density at radius 1 is 0.250 bits per heavy atom. The van der Waals surface area contributed by atoms with Gasteiger partial charge in [0.2, 0.25) is 0 Å². The number of aliphatic hydroxyl groups excluding tert-OH is 3. The summed E-state index contributed by atoms with van der Waals surface area (Å²) >= 11 is 0. The Morgan fingerprint density at radius 3 is 0.705 bits per heavy atom. The minimum Gasteiger partial charge on any atom is -0.396 e. The van der Waals surface area contributed by atoms with Gasteiger partial charge in [-0.2, -0.15) is 0 Å². The lowest BCUT2D eigenvalue weighted by atomic mass is 9.89. The molecule has 0 aromatic rings. The summed E-state index contributed by atoms with van der Waals surface area (Å²) in [5.74, 6) is 0.970. The third kappa shape index (κ3) is 37.8. The van der Waals surface area contributed by atoms with Gasteiger partial charge >= 0.3 is 0 Å². The van der Waals surface area contributed by atoms with Crippen LogP contribution in [0.2, 0.25) is 0 Å². The van der Waals surface area contributed by atoms with Gasteiger partial charge < -0.3 is 15.3 Å². The third-order valence-corrected chi connectivity index (χ3v) is 9.72. The molecule has 0 saturated carbocycles. The largest absolute Gasteiger partial charge is 0.396 e. The van der Waals surface area contributed by atoms with Crippen LogP contribution in [0.15, 0.2) is 12.2 Å². The van der Waals surface area contributed by atoms with Crippen molar-refractivity contribution in [2.24, 2.45) is 5.92 Å². The Morgan fingerprint density at radius 2 is 0.455 bits per heavy atom. The van der Waals surface area contributed by atoms with E-state index in [1.165, 1.54) is 205 Å². The number of rotatable bonds is 39. The van der Waals surface area contributed by atoms with Gasteiger partial charge in [-0.05, 0) is 50.9 Å². The minimum absolute atomic E-state index is 0.355. The maximum atomic E-state index is 8.91. The molecule has 3 nitrogen and oxygen atoms in total. The van der Waals surface area contributed by atoms with E-state index in [9.17, 15) is 0 Å². The van der Waals surface area contributed by atoms with E-state index >= 15 is 0 Å². The summed E-state index contributed by atoms with van der Waals surface area (Å²) in [6.45, 7) is 1.08. The fourth-order valence-corrected chi connectivity index (χ4v) is 6.72. The predicted octanol–water partition coefficient (Wildman–Crippen LogP) is 12.8. The summed E-state index contributed by atoms with van der Waals surface area (Å²) in [7, 11) is 0. The van der Waals surface area contributed by atoms with E-state index in [-0.39, 0.29) is 0 Å². The van der Waals surface area contributed by atoms with Crippen LogP contribution >= 0.6 is 0 Å². The smallest absolute Gasteiger partial charge is 0.0431 e. The molecule has 44 heavy (non-hydrogen) atoms. The highest BCUT2D eigenvalue weighted by molar-refractivity contribution is 4.81. The molecule has 0 bridgehead atoms. The van der Waals surface area contributed by atoms with Crippen molar-refractivity contribution in [3.8, 4) is 0 Å². The average Bonchev–Trinajstić information content (AvgIpc) is 3.03. The molecule has 0 aromatic heterocycles. The molecule has 3 heteroatoms. The molecule has 0 amide bonds. The van der Waals surface area contributed by atoms with Gasteiger partial charge in [-0.3, -0.25) is 0 Å². The molecular formula is C41H82O3. The van der Waals surface area contributed by atoms with E-state index < -0.39 is 0 Å². The van der Waals surface area contributed by atoms with E-state index in [2.05, 4.69) is 12.2 Å². The van der Waals surface area contributed by atoms with Crippen molar-refractivity contribution < 1.29 is 15.3 Å². The monoisotopic (exact) mass is 623 g/mol. The van der Waals surface area contributed by atoms with E-state index in [4.69, 9.17) is 15.3 Å². The second kappa shape index (κ2) is 40.6. The molecule has 0 radical (unpaired) electrons. The summed E-state index contributed by atoms with van der Waals surface area (Å²) in [5, 5.41) is 26.6. The highest BCUT2D eigenvalue weighted by atomic mass is 16.3. The summed E-state index contributed by atoms with van der Waals surface area (Å²) < 4.78 is 0. The van der Waals surface area contributed by atoms with Gasteiger partial charge in [0.1, 0.15) is 0 Å². The molecule has 0 saturated heterocycles. The summed E-state index contributed by atoms with van der Waals surface area (Å²) in [6.07, 6.45) is 51.6. The topological polar surface area (TPSA) is 60.7 Å². The van der Waals surface area contributed by atoms with Crippen LogP contribution in [0.5, 0.6) is 0 Å². The maximum Gasteiger partial charge on any atom is 0.0431 e. The molecule has 3 N–H and O–H groups in total. The molecule has 1 unspecified atom stereocenters. The van der Waals surface area contributed by atoms with Gasteiger partial charge in [-0.15, -0.1) is 0 Å². The molecule has 0 spiro atoms. The molecule has 264 valence electrons. The Kier molecular flexibility index (Phi) is 40.3. The quantitative estimate of drug-likeness (QED) is 0.0472. The van der Waals surface area contributed by atoms with Crippen LogP contribution in [0.4, 0.5) is 0 Å². The molecule has 1 atom stereocenters. The van der Waals surface area contributed by atoms with Gasteiger partial charge in [0.25, 0.3) is 0 Å². The van der Waals surface area contributed by atoms with Gasteiger partial charge in [0, 0.05) is 19.8 Å². The zero-order chi connectivity index (χ0) is 31.9. The predicted molar refractivity (Wildman–Crippen MR) is 195 cm³/mol. The molecule has 0 aliphatic rings. The lowest BCUT2D eigenvalue weighted by Crippen LogP contribution is -2.01. The lowest BCUT2D eigenvalue weighted by molar-refractivity contribution is 0.282. The van der Waals surface area contributed by atoms with Crippen LogP contribution in [-0.2, 0) is 0 Å². The van der Waals surface area contributed by atoms with E-state index in [0.717, 1.165) is 25.2 Å². The van der Waals surface area contributed by atoms with Crippen LogP contribution in [-0.4, -0.2) is 35.1 Å². The van der Waals surface area contributed by atoms with Crippen molar-refractivity contribution >= 4 is 0 Å². The van der Waals surface area contributed by atoms with Crippen LogP contribution in [0.1, 0.15) is 225 Å². The van der Waals surface area contributed by atoms with Gasteiger partial charge in [0.15, 0.2) is 0 Å². The number of aliphatic hydroxyl groups is 3. The van der Waals surface area contributed by atoms with E-state index in [1.807, 2.05) is 0 Å². The molecule has 0 aliphatic heterocycles. The van der Waals surface area contributed by atoms with E-state index in [0.29, 0.717) is 19.8 Å². The molecule has 0 fully saturated rings. The Labute approximate surface area is 277 Å². The van der Waals surface area contributed by atoms with Crippen LogP contribution in [0.25, 0.3) is 0 Å². The fourth-order valence-electron chi connectivity index (χ4n) is 6.72. The third-order valence-electron chi connectivity index (χ3n) is 9.72. The Balaban J connectivity index is 3.91. The zero-order valence-corrected chi connectivity index (χ0v) is 29.9. The highest BCUT2D eigenvalue weighted by Gasteiger charge is 2.09. The summed E-state index contributed by atoms with van der Waals surface area (Å²) in [6, 6.07) is 0. The normalized spacial score (nSPS) is 12.5. The molecule has 0 aromatic carbocycles. The highest BCUT2D eigenvalue weighted by Crippen LogP contribution is 2.25. The Hall–Kier alpha value is -0.380. The summed E-state index contributed by atoms with van der Waals surface area (Å²) in [4.78, 5) is 0. The maximum absolute atomic E-state index is 8.91. The van der Waals surface area contributed by atoms with Crippen molar-refractivity contribution in [2.45, 2.75) is 225 Å². The van der Waals surface area contributed by atoms with Crippen molar-refractivity contribution in [1.82, 2.24) is 0 Å². The van der Waals surface area contributed by atoms with Crippen molar-refractivity contribution in [3.63, 3.8) is 0 Å². The second-order valence-electron chi connectivity index (χ2n) is 14.1. The van der Waals surface area contributed by atoms with Crippen molar-refractivity contribution in [3.05, 3.63) is 12.2 Å². The van der Waals surface area contributed by atoms with Crippen molar-refractivity contribution in [2.75, 3.05) is 19.8 Å². The molecule has 0 aliphatic carbocycles. The zero-order valence-electron chi connectivity index (χ0n) is 29.9. The fraction of sp³-hybridized carbons (Fsp3) is 0.951. The molecule has 0 rings (SSSR count). The number of hydrogen-bond donors (Lipinski definition) is 3. The summed E-state index contributed by atoms with van der Waals surface area (Å²) in [5.41, 5.74) is 0. The Bertz CT molecular complexity index is 520. The van der Waals surface area contributed by atoms with Gasteiger partial charge in [0.05, 0.1) is 0 Å². The van der Waals surface area contributed by atoms with Crippen LogP contribution in [0, 0.1) is 5.92 Å². The average molecular weight is 623 g/mol. The number of hydrogen-bond acceptors (Lipinski definition) is 3. The lowest BCUT2D eigenvalue weighted by Gasteiger charge is -2.17. The first-order valence-corrected chi connectivity index (χ1v) is 20.3. The number of unbranched alkanes of at least 4 members (excludes halogenated alkanes) is 28. The van der Waals surface area contributed by atoms with Gasteiger partial charge in [-0.1, -0.05) is 192 Å². The molecule has 0 heterocycles. The second-order valence-corrected chi connectivity index (χ2v) is 14.1. The molecular weight excluding hydrogens is 540 g/mol. The number of allylic oxidation sites excluding steroid dienone is 2. The first-order chi connectivity index (χ1) is 21.8.